The van der Waals surface area contributed by atoms with Gasteiger partial charge in [-0.3, -0.25) is 4.99 Å². The molecule has 1 heterocycles. The highest BCUT2D eigenvalue weighted by atomic mass is 79.9. The van der Waals surface area contributed by atoms with Crippen molar-refractivity contribution in [1.82, 2.24) is 0 Å². The maximum Gasteiger partial charge on any atom is 0.108 e. The number of alkyl halides is 1. The van der Waals surface area contributed by atoms with Gasteiger partial charge >= 0.3 is 0 Å². The molecular weight excluding hydrogens is 202 g/mol. The Morgan fingerprint density at radius 3 is 2.55 bits per heavy atom. The second kappa shape index (κ2) is 3.10. The fourth-order valence-electron chi connectivity index (χ4n) is 1.08. The van der Waals surface area contributed by atoms with E-state index in [9.17, 15) is 0 Å². The number of hydrogen-bond donors (Lipinski definition) is 0. The summed E-state index contributed by atoms with van der Waals surface area (Å²) < 4.78 is 0. The minimum atomic E-state index is 0.290. The Balaban J connectivity index is 2.75. The predicted molar refractivity (Wildman–Crippen MR) is 53.4 cm³/mol. The summed E-state index contributed by atoms with van der Waals surface area (Å²) in [6.07, 6.45) is 5.06. The summed E-state index contributed by atoms with van der Waals surface area (Å²) >= 11 is 3.48. The minimum absolute atomic E-state index is 0.290. The Kier molecular flexibility index (Phi) is 2.53. The van der Waals surface area contributed by atoms with Gasteiger partial charge in [0.15, 0.2) is 0 Å². The van der Waals surface area contributed by atoms with Crippen LogP contribution in [0.15, 0.2) is 16.6 Å². The van der Waals surface area contributed by atoms with Gasteiger partial charge in [-0.2, -0.15) is 0 Å². The van der Waals surface area contributed by atoms with Gasteiger partial charge in [0.05, 0.1) is 0 Å². The van der Waals surface area contributed by atoms with Crippen molar-refractivity contribution in [2.24, 2.45) is 10.4 Å². The van der Waals surface area contributed by atoms with E-state index < -0.39 is 0 Å². The zero-order valence-electron chi connectivity index (χ0n) is 7.26. The van der Waals surface area contributed by atoms with E-state index in [1.54, 1.807) is 0 Å². The SMILES string of the molecule is CC(C)(C)C1=CC=NC(Br)C1. The second-order valence-electron chi connectivity index (χ2n) is 3.88. The van der Waals surface area contributed by atoms with Crippen molar-refractivity contribution in [2.45, 2.75) is 32.1 Å². The summed E-state index contributed by atoms with van der Waals surface area (Å²) in [6.45, 7) is 6.70. The molecule has 1 unspecified atom stereocenters. The van der Waals surface area contributed by atoms with E-state index in [2.05, 4.69) is 47.8 Å². The first-order valence-corrected chi connectivity index (χ1v) is 4.78. The molecule has 0 aromatic rings. The van der Waals surface area contributed by atoms with Gasteiger partial charge in [0, 0.05) is 12.6 Å². The molecule has 1 atom stereocenters. The number of nitrogens with zero attached hydrogens (tertiary/aromatic N) is 1. The average Bonchev–Trinajstić information content (AvgIpc) is 1.86. The highest BCUT2D eigenvalue weighted by Gasteiger charge is 2.20. The fourth-order valence-corrected chi connectivity index (χ4v) is 1.57. The number of allylic oxidation sites excluding steroid dienone is 1. The molecule has 0 spiro atoms. The van der Waals surface area contributed by atoms with Gasteiger partial charge in [0.2, 0.25) is 0 Å². The molecule has 1 aliphatic rings. The Bertz CT molecular complexity index is 198. The first kappa shape index (κ1) is 8.98. The van der Waals surface area contributed by atoms with Crippen molar-refractivity contribution >= 4 is 22.1 Å². The average molecular weight is 216 g/mol. The molecule has 0 N–H and O–H groups in total. The summed E-state index contributed by atoms with van der Waals surface area (Å²) in [5, 5.41) is 0. The number of aliphatic imine (C=N–C) groups is 1. The first-order valence-electron chi connectivity index (χ1n) is 3.87. The molecule has 0 radical (unpaired) electrons. The smallest absolute Gasteiger partial charge is 0.108 e. The summed E-state index contributed by atoms with van der Waals surface area (Å²) in [5.74, 6) is 0. The maximum absolute atomic E-state index is 4.21. The van der Waals surface area contributed by atoms with Gasteiger partial charge < -0.3 is 0 Å². The highest BCUT2D eigenvalue weighted by molar-refractivity contribution is 9.09. The van der Waals surface area contributed by atoms with Crippen LogP contribution in [0.25, 0.3) is 0 Å². The van der Waals surface area contributed by atoms with Crippen LogP contribution in [0.1, 0.15) is 27.2 Å². The van der Waals surface area contributed by atoms with Crippen molar-refractivity contribution in [3.8, 4) is 0 Å². The van der Waals surface area contributed by atoms with Crippen LogP contribution in [0.2, 0.25) is 0 Å². The van der Waals surface area contributed by atoms with Crippen LogP contribution >= 0.6 is 15.9 Å². The predicted octanol–water partition coefficient (Wildman–Crippen LogP) is 3.15. The lowest BCUT2D eigenvalue weighted by Gasteiger charge is -2.25. The van der Waals surface area contributed by atoms with E-state index in [0.717, 1.165) is 6.42 Å². The van der Waals surface area contributed by atoms with Gasteiger partial charge in [0.25, 0.3) is 0 Å². The third-order valence-corrected chi connectivity index (χ3v) is 2.44. The molecule has 2 heteroatoms. The van der Waals surface area contributed by atoms with Crippen molar-refractivity contribution in [3.05, 3.63) is 11.6 Å². The zero-order valence-corrected chi connectivity index (χ0v) is 8.85. The number of hydrogen-bond acceptors (Lipinski definition) is 1. The Morgan fingerprint density at radius 1 is 1.55 bits per heavy atom. The molecule has 11 heavy (non-hydrogen) atoms. The number of rotatable bonds is 0. The van der Waals surface area contributed by atoms with Gasteiger partial charge in [0.1, 0.15) is 4.95 Å². The van der Waals surface area contributed by atoms with Crippen molar-refractivity contribution in [3.63, 3.8) is 0 Å². The Labute approximate surface area is 76.7 Å². The molecule has 62 valence electrons. The summed E-state index contributed by atoms with van der Waals surface area (Å²) in [7, 11) is 0. The van der Waals surface area contributed by atoms with Gasteiger partial charge in [-0.1, -0.05) is 42.3 Å². The van der Waals surface area contributed by atoms with Crippen LogP contribution in [-0.4, -0.2) is 11.2 Å². The lowest BCUT2D eigenvalue weighted by atomic mass is 9.84. The van der Waals surface area contributed by atoms with Crippen LogP contribution in [0.3, 0.4) is 0 Å². The second-order valence-corrected chi connectivity index (χ2v) is 4.94. The molecule has 0 fully saturated rings. The van der Waals surface area contributed by atoms with Gasteiger partial charge in [-0.05, 0) is 11.5 Å². The van der Waals surface area contributed by atoms with Gasteiger partial charge in [-0.15, -0.1) is 0 Å². The molecule has 0 amide bonds. The molecule has 0 bridgehead atoms. The molecule has 0 saturated carbocycles. The van der Waals surface area contributed by atoms with Crippen LogP contribution in [0.4, 0.5) is 0 Å². The molecular formula is C9H14BrN. The van der Waals surface area contributed by atoms with Crippen LogP contribution in [-0.2, 0) is 0 Å². The van der Waals surface area contributed by atoms with E-state index in [-0.39, 0.29) is 0 Å². The van der Waals surface area contributed by atoms with Crippen LogP contribution < -0.4 is 0 Å². The third-order valence-electron chi connectivity index (χ3n) is 1.88. The van der Waals surface area contributed by atoms with E-state index in [4.69, 9.17) is 0 Å². The lowest BCUT2D eigenvalue weighted by Crippen LogP contribution is -2.15. The zero-order chi connectivity index (χ0) is 8.48. The molecule has 1 rings (SSSR count). The third kappa shape index (κ3) is 2.44. The Morgan fingerprint density at radius 2 is 2.18 bits per heavy atom. The largest absolute Gasteiger partial charge is 0.278 e. The maximum atomic E-state index is 4.21. The highest BCUT2D eigenvalue weighted by Crippen LogP contribution is 2.32. The summed E-state index contributed by atoms with van der Waals surface area (Å²) in [5.41, 5.74) is 1.76. The normalized spacial score (nSPS) is 25.1. The van der Waals surface area contributed by atoms with Crippen molar-refractivity contribution in [2.75, 3.05) is 0 Å². The van der Waals surface area contributed by atoms with E-state index in [1.807, 2.05) is 6.21 Å². The van der Waals surface area contributed by atoms with Crippen LogP contribution in [0, 0.1) is 5.41 Å². The molecule has 0 aromatic carbocycles. The summed E-state index contributed by atoms with van der Waals surface area (Å²) in [4.78, 5) is 4.50. The van der Waals surface area contributed by atoms with E-state index in [1.165, 1.54) is 5.57 Å². The summed E-state index contributed by atoms with van der Waals surface area (Å²) in [6, 6.07) is 0. The standard InChI is InChI=1S/C9H14BrN/c1-9(2,3)7-4-5-11-8(10)6-7/h4-5,8H,6H2,1-3H3. The van der Waals surface area contributed by atoms with Crippen molar-refractivity contribution in [1.29, 1.82) is 0 Å². The molecule has 0 saturated heterocycles. The Hall–Kier alpha value is -0.110. The molecule has 0 aromatic heterocycles. The monoisotopic (exact) mass is 215 g/mol. The van der Waals surface area contributed by atoms with Gasteiger partial charge in [-0.25, -0.2) is 0 Å². The van der Waals surface area contributed by atoms with E-state index >= 15 is 0 Å². The quantitative estimate of drug-likeness (QED) is 0.435. The van der Waals surface area contributed by atoms with Crippen LogP contribution in [0.5, 0.6) is 0 Å². The molecule has 0 aliphatic carbocycles. The lowest BCUT2D eigenvalue weighted by molar-refractivity contribution is 0.480. The molecule has 1 nitrogen and oxygen atoms in total. The minimum Gasteiger partial charge on any atom is -0.278 e. The number of dihydropyridines is 1. The topological polar surface area (TPSA) is 12.4 Å². The molecule has 1 aliphatic heterocycles. The first-order chi connectivity index (χ1) is 5.00. The van der Waals surface area contributed by atoms with E-state index in [0.29, 0.717) is 10.4 Å². The van der Waals surface area contributed by atoms with Crippen molar-refractivity contribution < 1.29 is 0 Å². The fraction of sp³-hybridized carbons (Fsp3) is 0.667. The number of halogens is 1.